The highest BCUT2D eigenvalue weighted by molar-refractivity contribution is 5.79. The van der Waals surface area contributed by atoms with Crippen LogP contribution in [0.5, 0.6) is 0 Å². The van der Waals surface area contributed by atoms with Crippen LogP contribution in [0.15, 0.2) is 27.5 Å². The molecule has 1 aromatic carbocycles. The quantitative estimate of drug-likeness (QED) is 0.650. The second kappa shape index (κ2) is 7.61. The van der Waals surface area contributed by atoms with Crippen LogP contribution >= 0.6 is 0 Å². The molecule has 0 saturated carbocycles. The molecule has 6 nitrogen and oxygen atoms in total. The fourth-order valence-electron chi connectivity index (χ4n) is 5.23. The molecule has 4 heterocycles. The summed E-state index contributed by atoms with van der Waals surface area (Å²) < 4.78 is 20.7. The van der Waals surface area contributed by atoms with Gasteiger partial charge in [-0.1, -0.05) is 12.1 Å². The number of rotatable bonds is 3. The highest BCUT2D eigenvalue weighted by Crippen LogP contribution is 2.37. The molecule has 0 spiro atoms. The van der Waals surface area contributed by atoms with Crippen LogP contribution in [0, 0.1) is 12.7 Å². The molecule has 0 amide bonds. The van der Waals surface area contributed by atoms with Crippen molar-refractivity contribution < 1.29 is 8.91 Å². The standard InChI is InChI=1S/C23H27FN4O2/c1-3-17-14(2)25-22-19(5-4-10-28(22)23(17)29)27-11-8-15(9-12-27)21-18-7-6-16(24)13-20(18)30-26-21/h6-7,13,15,19H,3-5,8-12H2,1-2H3. The maximum Gasteiger partial charge on any atom is 0.256 e. The second-order valence-electron chi connectivity index (χ2n) is 8.52. The summed E-state index contributed by atoms with van der Waals surface area (Å²) in [5, 5.41) is 5.17. The molecule has 0 aliphatic carbocycles. The van der Waals surface area contributed by atoms with Gasteiger partial charge in [-0.2, -0.15) is 0 Å². The molecule has 2 aliphatic heterocycles. The molecule has 1 fully saturated rings. The van der Waals surface area contributed by atoms with E-state index in [0.717, 1.165) is 79.9 Å². The zero-order valence-electron chi connectivity index (χ0n) is 17.5. The van der Waals surface area contributed by atoms with E-state index in [9.17, 15) is 9.18 Å². The molecule has 1 saturated heterocycles. The van der Waals surface area contributed by atoms with Crippen LogP contribution in [0.4, 0.5) is 4.39 Å². The van der Waals surface area contributed by atoms with Crippen molar-refractivity contribution in [2.24, 2.45) is 0 Å². The molecule has 30 heavy (non-hydrogen) atoms. The van der Waals surface area contributed by atoms with Crippen molar-refractivity contribution in [2.45, 2.75) is 64.5 Å². The first-order chi connectivity index (χ1) is 14.6. The lowest BCUT2D eigenvalue weighted by molar-refractivity contribution is 0.120. The Hall–Kier alpha value is -2.54. The summed E-state index contributed by atoms with van der Waals surface area (Å²) in [7, 11) is 0. The molecule has 2 aliphatic rings. The number of halogens is 1. The predicted octanol–water partition coefficient (Wildman–Crippen LogP) is 4.11. The maximum absolute atomic E-state index is 13.4. The molecule has 0 radical (unpaired) electrons. The van der Waals surface area contributed by atoms with Crippen LogP contribution < -0.4 is 5.56 Å². The molecule has 3 aromatic rings. The van der Waals surface area contributed by atoms with Gasteiger partial charge in [0.2, 0.25) is 0 Å². The van der Waals surface area contributed by atoms with Gasteiger partial charge in [-0.25, -0.2) is 9.37 Å². The Labute approximate surface area is 174 Å². The summed E-state index contributed by atoms with van der Waals surface area (Å²) in [6.45, 7) is 6.59. The Morgan fingerprint density at radius 2 is 2.00 bits per heavy atom. The Morgan fingerprint density at radius 3 is 2.77 bits per heavy atom. The van der Waals surface area contributed by atoms with Crippen molar-refractivity contribution >= 4 is 11.0 Å². The third-order valence-corrected chi connectivity index (χ3v) is 6.83. The van der Waals surface area contributed by atoms with Crippen molar-refractivity contribution in [3.63, 3.8) is 0 Å². The van der Waals surface area contributed by atoms with E-state index in [1.165, 1.54) is 12.1 Å². The van der Waals surface area contributed by atoms with Crippen molar-refractivity contribution in [1.29, 1.82) is 0 Å². The summed E-state index contributed by atoms with van der Waals surface area (Å²) in [5.41, 5.74) is 3.30. The molecule has 0 bridgehead atoms. The third-order valence-electron chi connectivity index (χ3n) is 6.83. The Kier molecular flexibility index (Phi) is 4.93. The Balaban J connectivity index is 1.37. The van der Waals surface area contributed by atoms with E-state index >= 15 is 0 Å². The Bertz CT molecular complexity index is 1140. The van der Waals surface area contributed by atoms with Crippen molar-refractivity contribution in [2.75, 3.05) is 13.1 Å². The van der Waals surface area contributed by atoms with Gasteiger partial charge in [0.05, 0.1) is 11.7 Å². The van der Waals surface area contributed by atoms with Gasteiger partial charge in [0.1, 0.15) is 11.6 Å². The first kappa shape index (κ1) is 19.4. The lowest BCUT2D eigenvalue weighted by atomic mass is 9.90. The Morgan fingerprint density at radius 1 is 1.20 bits per heavy atom. The third kappa shape index (κ3) is 3.16. The summed E-state index contributed by atoms with van der Waals surface area (Å²) in [5.74, 6) is 0.929. The molecular weight excluding hydrogens is 383 g/mol. The average molecular weight is 410 g/mol. The fourth-order valence-corrected chi connectivity index (χ4v) is 5.23. The number of hydrogen-bond donors (Lipinski definition) is 0. The monoisotopic (exact) mass is 410 g/mol. The number of likely N-dealkylation sites (tertiary alicyclic amines) is 1. The lowest BCUT2D eigenvalue weighted by Gasteiger charge is -2.39. The van der Waals surface area contributed by atoms with E-state index in [4.69, 9.17) is 9.51 Å². The number of aromatic nitrogens is 3. The topological polar surface area (TPSA) is 64.2 Å². The minimum atomic E-state index is -0.305. The summed E-state index contributed by atoms with van der Waals surface area (Å²) in [4.78, 5) is 20.3. The van der Waals surface area contributed by atoms with E-state index in [-0.39, 0.29) is 17.4 Å². The summed E-state index contributed by atoms with van der Waals surface area (Å²) >= 11 is 0. The number of nitrogens with zero attached hydrogens (tertiary/aromatic N) is 4. The van der Waals surface area contributed by atoms with E-state index in [2.05, 4.69) is 10.1 Å². The number of piperidine rings is 1. The lowest BCUT2D eigenvalue weighted by Crippen LogP contribution is -2.42. The van der Waals surface area contributed by atoms with E-state index in [0.29, 0.717) is 11.5 Å². The van der Waals surface area contributed by atoms with Gasteiger partial charge in [0.15, 0.2) is 5.58 Å². The number of aryl methyl sites for hydroxylation is 1. The zero-order valence-corrected chi connectivity index (χ0v) is 17.5. The van der Waals surface area contributed by atoms with Gasteiger partial charge in [-0.3, -0.25) is 14.3 Å². The number of fused-ring (bicyclic) bond motifs is 2. The molecule has 1 atom stereocenters. The van der Waals surface area contributed by atoms with Gasteiger partial charge in [0.25, 0.3) is 5.56 Å². The van der Waals surface area contributed by atoms with Gasteiger partial charge >= 0.3 is 0 Å². The summed E-state index contributed by atoms with van der Waals surface area (Å²) in [6, 6.07) is 4.83. The fraction of sp³-hybridized carbons (Fsp3) is 0.522. The van der Waals surface area contributed by atoms with Crippen molar-refractivity contribution in [3.05, 3.63) is 57.1 Å². The minimum Gasteiger partial charge on any atom is -0.356 e. The van der Waals surface area contributed by atoms with Gasteiger partial charge in [-0.15, -0.1) is 0 Å². The molecular formula is C23H27FN4O2. The SMILES string of the molecule is CCc1c(C)nc2n(c1=O)CCCC2N1CCC(c2noc3cc(F)ccc23)CC1. The van der Waals surface area contributed by atoms with Crippen molar-refractivity contribution in [1.82, 2.24) is 19.6 Å². The number of hydrogen-bond acceptors (Lipinski definition) is 5. The van der Waals surface area contributed by atoms with Crippen molar-refractivity contribution in [3.8, 4) is 0 Å². The highest BCUT2D eigenvalue weighted by atomic mass is 19.1. The molecule has 2 aromatic heterocycles. The molecule has 1 unspecified atom stereocenters. The normalized spacial score (nSPS) is 20.6. The maximum atomic E-state index is 13.4. The first-order valence-corrected chi connectivity index (χ1v) is 11.0. The molecule has 7 heteroatoms. The molecule has 0 N–H and O–H groups in total. The largest absolute Gasteiger partial charge is 0.356 e. The predicted molar refractivity (Wildman–Crippen MR) is 112 cm³/mol. The van der Waals surface area contributed by atoms with E-state index in [1.807, 2.05) is 18.4 Å². The molecule has 5 rings (SSSR count). The van der Waals surface area contributed by atoms with Gasteiger partial charge in [0, 0.05) is 35.2 Å². The van der Waals surface area contributed by atoms with Crippen LogP contribution in [0.3, 0.4) is 0 Å². The average Bonchev–Trinajstić information content (AvgIpc) is 3.17. The minimum absolute atomic E-state index is 0.140. The smallest absolute Gasteiger partial charge is 0.256 e. The number of benzene rings is 1. The van der Waals surface area contributed by atoms with E-state index < -0.39 is 0 Å². The van der Waals surface area contributed by atoms with Crippen LogP contribution in [-0.2, 0) is 13.0 Å². The van der Waals surface area contributed by atoms with Crippen LogP contribution in [0.2, 0.25) is 0 Å². The van der Waals surface area contributed by atoms with Gasteiger partial charge in [-0.05, 0) is 64.3 Å². The summed E-state index contributed by atoms with van der Waals surface area (Å²) in [6.07, 6.45) is 4.69. The van der Waals surface area contributed by atoms with Crippen LogP contribution in [-0.4, -0.2) is 32.7 Å². The van der Waals surface area contributed by atoms with Crippen LogP contribution in [0.1, 0.15) is 67.3 Å². The van der Waals surface area contributed by atoms with Gasteiger partial charge < -0.3 is 4.52 Å². The highest BCUT2D eigenvalue weighted by Gasteiger charge is 2.33. The van der Waals surface area contributed by atoms with E-state index in [1.54, 1.807) is 6.07 Å². The second-order valence-corrected chi connectivity index (χ2v) is 8.52. The van der Waals surface area contributed by atoms with Crippen LogP contribution in [0.25, 0.3) is 11.0 Å². The zero-order chi connectivity index (χ0) is 20.8. The molecule has 158 valence electrons. The first-order valence-electron chi connectivity index (χ1n) is 11.0.